The molecule has 0 aliphatic rings. The fourth-order valence-corrected chi connectivity index (χ4v) is 0.927. The summed E-state index contributed by atoms with van der Waals surface area (Å²) in [5.41, 5.74) is -1.36. The molecule has 0 radical (unpaired) electrons. The van der Waals surface area contributed by atoms with Gasteiger partial charge in [0.05, 0.1) is 12.7 Å². The minimum Gasteiger partial charge on any atom is -0.479 e. The van der Waals surface area contributed by atoms with E-state index in [9.17, 15) is 4.79 Å². The lowest BCUT2D eigenvalue weighted by Gasteiger charge is -2.30. The standard InChI is InChI=1S/C9H18O5/c1-7(13-3)9(2,8(11)12)14-6-4-5-10/h7,10H,4-6H2,1-3H3,(H,11,12). The van der Waals surface area contributed by atoms with E-state index in [1.807, 2.05) is 0 Å². The Hall–Kier alpha value is -0.650. The third-order valence-electron chi connectivity index (χ3n) is 2.26. The molecular formula is C9H18O5. The lowest BCUT2D eigenvalue weighted by molar-refractivity contribution is -0.181. The number of carboxylic acid groups (broad SMARTS) is 1. The van der Waals surface area contributed by atoms with Crippen LogP contribution in [-0.2, 0) is 14.3 Å². The number of hydrogen-bond donors (Lipinski definition) is 2. The average molecular weight is 206 g/mol. The molecule has 84 valence electrons. The molecular weight excluding hydrogens is 188 g/mol. The Morgan fingerprint density at radius 2 is 2.14 bits per heavy atom. The highest BCUT2D eigenvalue weighted by molar-refractivity contribution is 5.77. The quantitative estimate of drug-likeness (QED) is 0.584. The first-order valence-corrected chi connectivity index (χ1v) is 4.50. The van der Waals surface area contributed by atoms with Crippen LogP contribution in [-0.4, -0.2) is 48.2 Å². The predicted octanol–water partition coefficient (Wildman–Crippen LogP) is 0.264. The topological polar surface area (TPSA) is 76.0 Å². The molecule has 0 rings (SSSR count). The summed E-state index contributed by atoms with van der Waals surface area (Å²) in [6, 6.07) is 0. The van der Waals surface area contributed by atoms with Crippen molar-refractivity contribution in [2.45, 2.75) is 32.0 Å². The molecule has 14 heavy (non-hydrogen) atoms. The number of hydrogen-bond acceptors (Lipinski definition) is 4. The number of carbonyl (C=O) groups is 1. The number of aliphatic hydroxyl groups excluding tert-OH is 1. The molecule has 0 aliphatic carbocycles. The van der Waals surface area contributed by atoms with Crippen molar-refractivity contribution < 1.29 is 24.5 Å². The van der Waals surface area contributed by atoms with E-state index in [2.05, 4.69) is 0 Å². The zero-order valence-electron chi connectivity index (χ0n) is 8.82. The highest BCUT2D eigenvalue weighted by Crippen LogP contribution is 2.18. The van der Waals surface area contributed by atoms with Crippen LogP contribution in [0.4, 0.5) is 0 Å². The van der Waals surface area contributed by atoms with Gasteiger partial charge in [-0.25, -0.2) is 4.79 Å². The van der Waals surface area contributed by atoms with Gasteiger partial charge >= 0.3 is 5.97 Å². The molecule has 0 saturated heterocycles. The van der Waals surface area contributed by atoms with E-state index < -0.39 is 17.7 Å². The minimum absolute atomic E-state index is 0.0168. The van der Waals surface area contributed by atoms with Gasteiger partial charge in [-0.1, -0.05) is 0 Å². The maximum atomic E-state index is 10.9. The van der Waals surface area contributed by atoms with E-state index in [1.54, 1.807) is 6.92 Å². The first kappa shape index (κ1) is 13.4. The predicted molar refractivity (Wildman–Crippen MR) is 50.2 cm³/mol. The van der Waals surface area contributed by atoms with Crippen molar-refractivity contribution in [3.63, 3.8) is 0 Å². The lowest BCUT2D eigenvalue weighted by atomic mass is 10.0. The molecule has 5 heteroatoms. The molecule has 0 aliphatic heterocycles. The first-order chi connectivity index (χ1) is 6.49. The van der Waals surface area contributed by atoms with Gasteiger partial charge in [0.1, 0.15) is 0 Å². The second kappa shape index (κ2) is 5.95. The van der Waals surface area contributed by atoms with Crippen molar-refractivity contribution in [1.29, 1.82) is 0 Å². The summed E-state index contributed by atoms with van der Waals surface area (Å²) in [5.74, 6) is -1.07. The van der Waals surface area contributed by atoms with Crippen molar-refractivity contribution >= 4 is 5.97 Å². The molecule has 2 N–H and O–H groups in total. The van der Waals surface area contributed by atoms with Crippen LogP contribution in [0.25, 0.3) is 0 Å². The molecule has 0 aromatic rings. The van der Waals surface area contributed by atoms with E-state index in [1.165, 1.54) is 14.0 Å². The fourth-order valence-electron chi connectivity index (χ4n) is 0.927. The van der Waals surface area contributed by atoms with Crippen LogP contribution in [0.2, 0.25) is 0 Å². The van der Waals surface area contributed by atoms with Crippen LogP contribution in [0.15, 0.2) is 0 Å². The van der Waals surface area contributed by atoms with Gasteiger partial charge in [0, 0.05) is 13.7 Å². The number of aliphatic carboxylic acids is 1. The van der Waals surface area contributed by atoms with Gasteiger partial charge in [0.2, 0.25) is 0 Å². The van der Waals surface area contributed by atoms with E-state index in [0.29, 0.717) is 6.42 Å². The fraction of sp³-hybridized carbons (Fsp3) is 0.889. The van der Waals surface area contributed by atoms with Crippen molar-refractivity contribution in [1.82, 2.24) is 0 Å². The van der Waals surface area contributed by atoms with Gasteiger partial charge in [0.25, 0.3) is 0 Å². The normalized spacial score (nSPS) is 17.4. The molecule has 0 saturated carbocycles. The van der Waals surface area contributed by atoms with Crippen LogP contribution in [0.1, 0.15) is 20.3 Å². The lowest BCUT2D eigenvalue weighted by Crippen LogP contribution is -2.49. The van der Waals surface area contributed by atoms with Gasteiger partial charge in [-0.3, -0.25) is 0 Å². The molecule has 0 amide bonds. The largest absolute Gasteiger partial charge is 0.479 e. The Kier molecular flexibility index (Phi) is 5.68. The van der Waals surface area contributed by atoms with Crippen LogP contribution < -0.4 is 0 Å². The Morgan fingerprint density at radius 3 is 2.50 bits per heavy atom. The highest BCUT2D eigenvalue weighted by Gasteiger charge is 2.40. The van der Waals surface area contributed by atoms with Crippen LogP contribution in [0, 0.1) is 0 Å². The summed E-state index contributed by atoms with van der Waals surface area (Å²) in [4.78, 5) is 10.9. The van der Waals surface area contributed by atoms with Crippen LogP contribution in [0.5, 0.6) is 0 Å². The van der Waals surface area contributed by atoms with E-state index >= 15 is 0 Å². The maximum Gasteiger partial charge on any atom is 0.338 e. The Bertz CT molecular complexity index is 182. The number of aliphatic hydroxyl groups is 1. The van der Waals surface area contributed by atoms with Crippen LogP contribution in [0.3, 0.4) is 0 Å². The molecule has 2 atom stereocenters. The van der Waals surface area contributed by atoms with Crippen molar-refractivity contribution in [2.24, 2.45) is 0 Å². The smallest absolute Gasteiger partial charge is 0.338 e. The summed E-state index contributed by atoms with van der Waals surface area (Å²) in [6.07, 6.45) is -0.127. The number of carboxylic acids is 1. The van der Waals surface area contributed by atoms with Crippen molar-refractivity contribution in [2.75, 3.05) is 20.3 Å². The Balaban J connectivity index is 4.32. The summed E-state index contributed by atoms with van der Waals surface area (Å²) in [5, 5.41) is 17.5. The zero-order valence-corrected chi connectivity index (χ0v) is 8.82. The van der Waals surface area contributed by atoms with E-state index in [4.69, 9.17) is 19.7 Å². The van der Waals surface area contributed by atoms with Gasteiger partial charge in [-0.05, 0) is 20.3 Å². The third kappa shape index (κ3) is 3.25. The minimum atomic E-state index is -1.36. The first-order valence-electron chi connectivity index (χ1n) is 4.50. The third-order valence-corrected chi connectivity index (χ3v) is 2.26. The SMILES string of the molecule is COC(C)C(C)(OCCCO)C(=O)O. The maximum absolute atomic E-state index is 10.9. The summed E-state index contributed by atoms with van der Waals surface area (Å²) in [7, 11) is 1.43. The zero-order chi connectivity index (χ0) is 11.2. The van der Waals surface area contributed by atoms with Gasteiger partial charge in [-0.15, -0.1) is 0 Å². The average Bonchev–Trinajstić information content (AvgIpc) is 2.16. The van der Waals surface area contributed by atoms with Gasteiger partial charge in [-0.2, -0.15) is 0 Å². The summed E-state index contributed by atoms with van der Waals surface area (Å²) >= 11 is 0. The van der Waals surface area contributed by atoms with Gasteiger partial charge < -0.3 is 19.7 Å². The Morgan fingerprint density at radius 1 is 1.57 bits per heavy atom. The number of ether oxygens (including phenoxy) is 2. The molecule has 0 bridgehead atoms. The Labute approximate surface area is 83.6 Å². The molecule has 0 aromatic carbocycles. The molecule has 5 nitrogen and oxygen atoms in total. The molecule has 0 fully saturated rings. The number of methoxy groups -OCH3 is 1. The molecule has 0 aromatic heterocycles. The van der Waals surface area contributed by atoms with Gasteiger partial charge in [0.15, 0.2) is 5.60 Å². The summed E-state index contributed by atoms with van der Waals surface area (Å²) in [6.45, 7) is 3.28. The van der Waals surface area contributed by atoms with Crippen molar-refractivity contribution in [3.05, 3.63) is 0 Å². The monoisotopic (exact) mass is 206 g/mol. The van der Waals surface area contributed by atoms with E-state index in [-0.39, 0.29) is 13.2 Å². The highest BCUT2D eigenvalue weighted by atomic mass is 16.6. The van der Waals surface area contributed by atoms with Crippen molar-refractivity contribution in [3.8, 4) is 0 Å². The van der Waals surface area contributed by atoms with E-state index in [0.717, 1.165) is 0 Å². The molecule has 0 heterocycles. The number of rotatable bonds is 7. The van der Waals surface area contributed by atoms with Crippen LogP contribution >= 0.6 is 0 Å². The second-order valence-electron chi connectivity index (χ2n) is 3.22. The second-order valence-corrected chi connectivity index (χ2v) is 3.22. The molecule has 2 unspecified atom stereocenters. The summed E-state index contributed by atoms with van der Waals surface area (Å²) < 4.78 is 10.1. The molecule has 0 spiro atoms.